The van der Waals surface area contributed by atoms with Crippen molar-refractivity contribution < 1.29 is 14.6 Å². The van der Waals surface area contributed by atoms with Crippen molar-refractivity contribution in [2.24, 2.45) is 0 Å². The lowest BCUT2D eigenvalue weighted by Crippen LogP contribution is -2.25. The van der Waals surface area contributed by atoms with Crippen LogP contribution in [0.5, 0.6) is 11.6 Å². The molecule has 0 saturated carbocycles. The minimum atomic E-state index is -0.237. The number of aromatic hydroxyl groups is 1. The lowest BCUT2D eigenvalue weighted by molar-refractivity contribution is 0.102. The number of fused-ring (bicyclic) bond motifs is 2. The summed E-state index contributed by atoms with van der Waals surface area (Å²) in [5.41, 5.74) is 5.08. The predicted octanol–water partition coefficient (Wildman–Crippen LogP) is 4.70. The van der Waals surface area contributed by atoms with Crippen LogP contribution in [0, 0.1) is 0 Å². The fourth-order valence-corrected chi connectivity index (χ4v) is 5.57. The number of benzene rings is 2. The van der Waals surface area contributed by atoms with E-state index >= 15 is 0 Å². The summed E-state index contributed by atoms with van der Waals surface area (Å²) in [5, 5.41) is 14.1. The molecular formula is C27H24N6O3S. The van der Waals surface area contributed by atoms with E-state index in [4.69, 9.17) is 4.74 Å². The lowest BCUT2D eigenvalue weighted by atomic mass is 10.0. The van der Waals surface area contributed by atoms with Gasteiger partial charge in [-0.2, -0.15) is 0 Å². The van der Waals surface area contributed by atoms with Gasteiger partial charge in [0.05, 0.1) is 29.4 Å². The van der Waals surface area contributed by atoms with E-state index in [0.29, 0.717) is 33.5 Å². The van der Waals surface area contributed by atoms with Crippen LogP contribution in [0.3, 0.4) is 0 Å². The zero-order chi connectivity index (χ0) is 25.5. The van der Waals surface area contributed by atoms with Crippen LogP contribution in [0.2, 0.25) is 0 Å². The molecule has 0 saturated heterocycles. The van der Waals surface area contributed by atoms with Crippen LogP contribution in [0.4, 0.5) is 5.13 Å². The topological polar surface area (TPSA) is 116 Å². The Hall–Kier alpha value is -4.28. The molecule has 10 heteroatoms. The molecule has 4 heterocycles. The van der Waals surface area contributed by atoms with E-state index in [2.05, 4.69) is 37.2 Å². The maximum absolute atomic E-state index is 13.0. The zero-order valence-electron chi connectivity index (χ0n) is 20.3. The van der Waals surface area contributed by atoms with Crippen molar-refractivity contribution >= 4 is 33.4 Å². The summed E-state index contributed by atoms with van der Waals surface area (Å²) in [6.45, 7) is 1.82. The third-order valence-corrected chi connectivity index (χ3v) is 7.41. The standard InChI is InChI=1S/C27H24N6O3S/c1-33-11-9-20-23(14-33)37-27(31-20)32-25(35)16-5-7-19-21(13-16)30-24(29-19)18-12-15(6-8-22(18)34)17-4-3-10-28-26(17)36-2/h3-8,10,12-13,34H,9,11,14H2,1-2H3,(H,29,30)(H,31,32,35). The molecule has 0 atom stereocenters. The van der Waals surface area contributed by atoms with Gasteiger partial charge in [0.1, 0.15) is 11.6 Å². The fraction of sp³-hybridized carbons (Fsp3) is 0.185. The van der Waals surface area contributed by atoms with E-state index in [1.165, 1.54) is 16.2 Å². The van der Waals surface area contributed by atoms with Crippen molar-refractivity contribution in [1.82, 2.24) is 24.8 Å². The molecule has 0 bridgehead atoms. The van der Waals surface area contributed by atoms with Gasteiger partial charge in [-0.3, -0.25) is 10.1 Å². The van der Waals surface area contributed by atoms with E-state index < -0.39 is 0 Å². The summed E-state index contributed by atoms with van der Waals surface area (Å²) in [7, 11) is 3.65. The van der Waals surface area contributed by atoms with Gasteiger partial charge in [0.2, 0.25) is 5.88 Å². The monoisotopic (exact) mass is 512 g/mol. The first kappa shape index (κ1) is 23.1. The second-order valence-corrected chi connectivity index (χ2v) is 10.0. The number of phenols is 1. The average molecular weight is 513 g/mol. The largest absolute Gasteiger partial charge is 0.507 e. The van der Waals surface area contributed by atoms with E-state index in [1.807, 2.05) is 24.3 Å². The Morgan fingerprint density at radius 1 is 1.16 bits per heavy atom. The average Bonchev–Trinajstić information content (AvgIpc) is 3.51. The molecule has 37 heavy (non-hydrogen) atoms. The highest BCUT2D eigenvalue weighted by atomic mass is 32.1. The number of ether oxygens (including phenoxy) is 1. The third-order valence-electron chi connectivity index (χ3n) is 6.41. The van der Waals surface area contributed by atoms with Gasteiger partial charge < -0.3 is 19.7 Å². The molecule has 3 N–H and O–H groups in total. The van der Waals surface area contributed by atoms with Gasteiger partial charge in [-0.1, -0.05) is 6.07 Å². The molecule has 0 spiro atoms. The molecule has 0 aliphatic carbocycles. The number of H-pyrrole nitrogens is 1. The van der Waals surface area contributed by atoms with Crippen LogP contribution in [-0.4, -0.2) is 56.6 Å². The zero-order valence-corrected chi connectivity index (χ0v) is 21.1. The molecule has 0 radical (unpaired) electrons. The molecular weight excluding hydrogens is 488 g/mol. The van der Waals surface area contributed by atoms with Crippen LogP contribution in [0.25, 0.3) is 33.5 Å². The number of phenolic OH excluding ortho intramolecular Hbond substituents is 1. The normalized spacial score (nSPS) is 13.5. The number of likely N-dealkylation sites (N-methyl/N-ethyl adjacent to an activating group) is 1. The number of thiazole rings is 1. The Labute approximate surface area is 216 Å². The molecule has 1 aliphatic rings. The Balaban J connectivity index is 1.29. The summed E-state index contributed by atoms with van der Waals surface area (Å²) in [6.07, 6.45) is 2.56. The third kappa shape index (κ3) is 4.41. The smallest absolute Gasteiger partial charge is 0.257 e. The highest BCUT2D eigenvalue weighted by Crippen LogP contribution is 2.36. The number of carbonyl (C=O) groups is 1. The van der Waals surface area contributed by atoms with E-state index in [9.17, 15) is 9.90 Å². The van der Waals surface area contributed by atoms with Crippen LogP contribution in [-0.2, 0) is 13.0 Å². The number of aromatic amines is 1. The number of nitrogens with zero attached hydrogens (tertiary/aromatic N) is 4. The number of imidazole rings is 1. The number of carbonyl (C=O) groups excluding carboxylic acids is 1. The van der Waals surface area contributed by atoms with Crippen molar-refractivity contribution in [2.75, 3.05) is 26.0 Å². The lowest BCUT2D eigenvalue weighted by Gasteiger charge is -2.20. The van der Waals surface area contributed by atoms with Gasteiger partial charge >= 0.3 is 0 Å². The number of hydrogen-bond donors (Lipinski definition) is 3. The minimum absolute atomic E-state index is 0.0852. The SMILES string of the molecule is COc1ncccc1-c1ccc(O)c(-c2nc3cc(C(=O)Nc4nc5c(s4)CN(C)CC5)ccc3[nH]2)c1. The summed E-state index contributed by atoms with van der Waals surface area (Å²) in [5.74, 6) is 0.834. The van der Waals surface area contributed by atoms with E-state index in [1.54, 1.807) is 37.6 Å². The van der Waals surface area contributed by atoms with E-state index in [-0.39, 0.29) is 11.7 Å². The van der Waals surface area contributed by atoms with Gasteiger partial charge in [0.15, 0.2) is 5.13 Å². The molecule has 1 amide bonds. The first-order valence-corrected chi connectivity index (χ1v) is 12.6. The van der Waals surface area contributed by atoms with Crippen molar-refractivity contribution in [3.05, 3.63) is 70.9 Å². The molecule has 6 rings (SSSR count). The number of methoxy groups -OCH3 is 1. The summed E-state index contributed by atoms with van der Waals surface area (Å²) >= 11 is 1.52. The van der Waals surface area contributed by atoms with Crippen LogP contribution < -0.4 is 10.1 Å². The van der Waals surface area contributed by atoms with Gasteiger partial charge in [-0.15, -0.1) is 11.3 Å². The maximum Gasteiger partial charge on any atom is 0.257 e. The number of pyridine rings is 1. The first-order chi connectivity index (χ1) is 18.0. The Kier molecular flexibility index (Phi) is 5.82. The fourth-order valence-electron chi connectivity index (χ4n) is 4.49. The van der Waals surface area contributed by atoms with Crippen molar-refractivity contribution in [3.8, 4) is 34.1 Å². The van der Waals surface area contributed by atoms with E-state index in [0.717, 1.165) is 41.8 Å². The molecule has 0 fully saturated rings. The summed E-state index contributed by atoms with van der Waals surface area (Å²) in [4.78, 5) is 33.2. The first-order valence-electron chi connectivity index (χ1n) is 11.8. The Morgan fingerprint density at radius 3 is 2.92 bits per heavy atom. The highest BCUT2D eigenvalue weighted by Gasteiger charge is 2.20. The number of nitrogens with one attached hydrogen (secondary N) is 2. The molecule has 1 aliphatic heterocycles. The Bertz CT molecular complexity index is 1640. The predicted molar refractivity (Wildman–Crippen MR) is 143 cm³/mol. The highest BCUT2D eigenvalue weighted by molar-refractivity contribution is 7.15. The van der Waals surface area contributed by atoms with Gasteiger partial charge in [0.25, 0.3) is 5.91 Å². The molecule has 186 valence electrons. The molecule has 9 nitrogen and oxygen atoms in total. The summed E-state index contributed by atoms with van der Waals surface area (Å²) < 4.78 is 5.39. The summed E-state index contributed by atoms with van der Waals surface area (Å²) in [6, 6.07) is 14.3. The van der Waals surface area contributed by atoms with Crippen molar-refractivity contribution in [1.29, 1.82) is 0 Å². The number of rotatable bonds is 5. The van der Waals surface area contributed by atoms with Crippen LogP contribution >= 0.6 is 11.3 Å². The minimum Gasteiger partial charge on any atom is -0.507 e. The maximum atomic E-state index is 13.0. The van der Waals surface area contributed by atoms with Crippen LogP contribution in [0.15, 0.2) is 54.7 Å². The van der Waals surface area contributed by atoms with Crippen molar-refractivity contribution in [3.63, 3.8) is 0 Å². The van der Waals surface area contributed by atoms with Crippen molar-refractivity contribution in [2.45, 2.75) is 13.0 Å². The molecule has 3 aromatic heterocycles. The number of hydrogen-bond acceptors (Lipinski definition) is 8. The molecule has 2 aromatic carbocycles. The second-order valence-electron chi connectivity index (χ2n) is 8.94. The molecule has 0 unspecified atom stereocenters. The second kappa shape index (κ2) is 9.30. The van der Waals surface area contributed by atoms with Gasteiger partial charge in [-0.05, 0) is 55.1 Å². The molecule has 5 aromatic rings. The number of amides is 1. The number of aromatic nitrogens is 4. The van der Waals surface area contributed by atoms with Gasteiger partial charge in [0, 0.05) is 41.7 Å². The number of anilines is 1. The quantitative estimate of drug-likeness (QED) is 0.312. The van der Waals surface area contributed by atoms with Crippen LogP contribution in [0.1, 0.15) is 20.9 Å². The Morgan fingerprint density at radius 2 is 2.05 bits per heavy atom. The van der Waals surface area contributed by atoms with Gasteiger partial charge in [-0.25, -0.2) is 15.0 Å².